The summed E-state index contributed by atoms with van der Waals surface area (Å²) >= 11 is 0. The summed E-state index contributed by atoms with van der Waals surface area (Å²) in [5.41, 5.74) is -0.242. The van der Waals surface area contributed by atoms with E-state index in [0.717, 1.165) is 29.2 Å². The van der Waals surface area contributed by atoms with Crippen LogP contribution in [0.5, 0.6) is 0 Å². The van der Waals surface area contributed by atoms with Crippen molar-refractivity contribution < 1.29 is 13.2 Å². The Kier molecular flexibility index (Phi) is 5.44. The number of aryl methyl sites for hydroxylation is 1. The van der Waals surface area contributed by atoms with Crippen LogP contribution in [0, 0.1) is 6.92 Å². The maximum absolute atomic E-state index is 13.3. The third-order valence-electron chi connectivity index (χ3n) is 5.18. The van der Waals surface area contributed by atoms with Crippen molar-refractivity contribution in [2.24, 2.45) is 0 Å². The summed E-state index contributed by atoms with van der Waals surface area (Å²) < 4.78 is 34.4. The van der Waals surface area contributed by atoms with Crippen molar-refractivity contribution in [3.05, 3.63) is 87.2 Å². The summed E-state index contributed by atoms with van der Waals surface area (Å²) in [7, 11) is -4.12. The van der Waals surface area contributed by atoms with Gasteiger partial charge in [-0.25, -0.2) is 17.8 Å². The molecule has 7 nitrogen and oxygen atoms in total. The van der Waals surface area contributed by atoms with Crippen LogP contribution in [0.3, 0.4) is 0 Å². The molecule has 4 rings (SSSR count). The average molecular weight is 426 g/mol. The quantitative estimate of drug-likeness (QED) is 0.625. The van der Waals surface area contributed by atoms with Gasteiger partial charge in [0.1, 0.15) is 0 Å². The standard InChI is InChI=1S/C22H22N2O5S/c1-16-9-11-19(12-10-16)30(27,28)20-15-23(14-18-8-5-13-29-18)22(26)24(21(20)25)17-6-3-2-4-7-17/h2-4,6-7,9-12,15,18H,5,8,13-14H2,1H3/t18-/m0/s1. The third-order valence-corrected chi connectivity index (χ3v) is 6.94. The van der Waals surface area contributed by atoms with E-state index in [1.807, 2.05) is 6.92 Å². The van der Waals surface area contributed by atoms with Gasteiger partial charge in [0.25, 0.3) is 5.56 Å². The molecule has 0 bridgehead atoms. The molecule has 0 amide bonds. The Bertz CT molecular complexity index is 1270. The van der Waals surface area contributed by atoms with Crippen LogP contribution in [0.25, 0.3) is 5.69 Å². The number of hydrogen-bond acceptors (Lipinski definition) is 5. The normalized spacial score (nSPS) is 16.6. The molecule has 1 aliphatic heterocycles. The highest BCUT2D eigenvalue weighted by atomic mass is 32.2. The van der Waals surface area contributed by atoms with E-state index in [0.29, 0.717) is 12.3 Å². The molecule has 0 radical (unpaired) electrons. The second kappa shape index (κ2) is 8.04. The Labute approximate surface area is 174 Å². The number of rotatable bonds is 5. The lowest BCUT2D eigenvalue weighted by atomic mass is 10.2. The van der Waals surface area contributed by atoms with Crippen LogP contribution in [-0.4, -0.2) is 30.3 Å². The Hall–Kier alpha value is -2.97. The number of nitrogens with zero attached hydrogens (tertiary/aromatic N) is 2. The fraction of sp³-hybridized carbons (Fsp3) is 0.273. The first-order valence-electron chi connectivity index (χ1n) is 9.73. The lowest BCUT2D eigenvalue weighted by Crippen LogP contribution is -2.42. The number of aromatic nitrogens is 2. The van der Waals surface area contributed by atoms with Crippen LogP contribution in [0.1, 0.15) is 18.4 Å². The van der Waals surface area contributed by atoms with E-state index in [9.17, 15) is 18.0 Å². The highest BCUT2D eigenvalue weighted by molar-refractivity contribution is 7.91. The maximum Gasteiger partial charge on any atom is 0.335 e. The Balaban J connectivity index is 1.94. The summed E-state index contributed by atoms with van der Waals surface area (Å²) in [5.74, 6) is 0. The number of para-hydroxylation sites is 1. The molecule has 156 valence electrons. The summed E-state index contributed by atoms with van der Waals surface area (Å²) in [4.78, 5) is 25.9. The molecule has 1 saturated heterocycles. The minimum atomic E-state index is -4.12. The minimum Gasteiger partial charge on any atom is -0.376 e. The average Bonchev–Trinajstić information content (AvgIpc) is 3.24. The van der Waals surface area contributed by atoms with E-state index in [2.05, 4.69) is 0 Å². The van der Waals surface area contributed by atoms with Crippen molar-refractivity contribution in [3.63, 3.8) is 0 Å². The molecule has 1 fully saturated rings. The molecule has 0 saturated carbocycles. The van der Waals surface area contributed by atoms with Crippen LogP contribution >= 0.6 is 0 Å². The van der Waals surface area contributed by atoms with Crippen molar-refractivity contribution in [1.82, 2.24) is 9.13 Å². The molecule has 1 aromatic heterocycles. The molecule has 0 aliphatic carbocycles. The zero-order valence-corrected chi connectivity index (χ0v) is 17.3. The zero-order valence-electron chi connectivity index (χ0n) is 16.5. The summed E-state index contributed by atoms with van der Waals surface area (Å²) in [6.07, 6.45) is 2.61. The van der Waals surface area contributed by atoms with Crippen LogP contribution in [0.4, 0.5) is 0 Å². The van der Waals surface area contributed by atoms with E-state index < -0.39 is 26.0 Å². The van der Waals surface area contributed by atoms with Crippen molar-refractivity contribution in [3.8, 4) is 5.69 Å². The fourth-order valence-electron chi connectivity index (χ4n) is 3.55. The van der Waals surface area contributed by atoms with Gasteiger partial charge in [-0.15, -0.1) is 0 Å². The molecule has 0 spiro atoms. The Morgan fingerprint density at radius 1 is 1.03 bits per heavy atom. The molecule has 0 unspecified atom stereocenters. The summed E-state index contributed by atoms with van der Waals surface area (Å²) in [5, 5.41) is 0. The van der Waals surface area contributed by atoms with Gasteiger partial charge in [0.15, 0.2) is 4.90 Å². The number of hydrogen-bond donors (Lipinski definition) is 0. The van der Waals surface area contributed by atoms with Gasteiger partial charge in [0.05, 0.1) is 23.2 Å². The number of ether oxygens (including phenoxy) is 1. The van der Waals surface area contributed by atoms with Crippen LogP contribution in [-0.2, 0) is 21.1 Å². The Morgan fingerprint density at radius 2 is 1.73 bits per heavy atom. The largest absolute Gasteiger partial charge is 0.376 e. The van der Waals surface area contributed by atoms with Crippen LogP contribution in [0.15, 0.2) is 80.2 Å². The van der Waals surface area contributed by atoms with E-state index in [1.54, 1.807) is 42.5 Å². The minimum absolute atomic E-state index is 0.00660. The molecular formula is C22H22N2O5S. The van der Waals surface area contributed by atoms with Crippen molar-refractivity contribution in [2.75, 3.05) is 6.61 Å². The highest BCUT2D eigenvalue weighted by Crippen LogP contribution is 2.19. The molecule has 3 aromatic rings. The lowest BCUT2D eigenvalue weighted by molar-refractivity contribution is 0.0953. The van der Waals surface area contributed by atoms with Gasteiger partial charge < -0.3 is 4.74 Å². The molecule has 2 aromatic carbocycles. The Morgan fingerprint density at radius 3 is 2.37 bits per heavy atom. The zero-order chi connectivity index (χ0) is 21.3. The smallest absolute Gasteiger partial charge is 0.335 e. The monoisotopic (exact) mass is 426 g/mol. The SMILES string of the molecule is Cc1ccc(S(=O)(=O)c2cn(C[C@@H]3CCCO3)c(=O)n(-c3ccccc3)c2=O)cc1. The predicted octanol–water partition coefficient (Wildman–Crippen LogP) is 2.32. The van der Waals surface area contributed by atoms with Crippen LogP contribution < -0.4 is 11.2 Å². The van der Waals surface area contributed by atoms with Gasteiger partial charge in [-0.2, -0.15) is 0 Å². The van der Waals surface area contributed by atoms with Gasteiger partial charge >= 0.3 is 5.69 Å². The van der Waals surface area contributed by atoms with Gasteiger partial charge in [-0.3, -0.25) is 9.36 Å². The summed E-state index contributed by atoms with van der Waals surface area (Å²) in [6, 6.07) is 14.6. The maximum atomic E-state index is 13.3. The third kappa shape index (κ3) is 3.76. The summed E-state index contributed by atoms with van der Waals surface area (Å²) in [6.45, 7) is 2.63. The number of benzene rings is 2. The van der Waals surface area contributed by atoms with Gasteiger partial charge in [0, 0.05) is 12.8 Å². The molecule has 1 atom stereocenters. The molecular weight excluding hydrogens is 404 g/mol. The highest BCUT2D eigenvalue weighted by Gasteiger charge is 2.27. The van der Waals surface area contributed by atoms with E-state index >= 15 is 0 Å². The van der Waals surface area contributed by atoms with Crippen molar-refractivity contribution >= 4 is 9.84 Å². The van der Waals surface area contributed by atoms with Gasteiger partial charge in [-0.05, 0) is 44.0 Å². The van der Waals surface area contributed by atoms with Gasteiger partial charge in [-0.1, -0.05) is 35.9 Å². The van der Waals surface area contributed by atoms with E-state index in [1.165, 1.54) is 16.7 Å². The fourth-order valence-corrected chi connectivity index (χ4v) is 4.88. The second-order valence-corrected chi connectivity index (χ2v) is 9.27. The van der Waals surface area contributed by atoms with E-state index in [-0.39, 0.29) is 17.5 Å². The van der Waals surface area contributed by atoms with Crippen LogP contribution in [0.2, 0.25) is 0 Å². The van der Waals surface area contributed by atoms with Crippen molar-refractivity contribution in [1.29, 1.82) is 0 Å². The second-order valence-electron chi connectivity index (χ2n) is 7.36. The molecule has 0 N–H and O–H groups in total. The molecule has 30 heavy (non-hydrogen) atoms. The first kappa shape index (κ1) is 20.3. The first-order chi connectivity index (χ1) is 14.4. The lowest BCUT2D eigenvalue weighted by Gasteiger charge is -2.16. The van der Waals surface area contributed by atoms with Gasteiger partial charge in [0.2, 0.25) is 9.84 Å². The van der Waals surface area contributed by atoms with Crippen molar-refractivity contribution in [2.45, 2.75) is 42.2 Å². The predicted molar refractivity (Wildman–Crippen MR) is 112 cm³/mol. The number of sulfone groups is 1. The molecule has 2 heterocycles. The topological polar surface area (TPSA) is 87.4 Å². The van der Waals surface area contributed by atoms with E-state index in [4.69, 9.17) is 4.74 Å². The first-order valence-corrected chi connectivity index (χ1v) is 11.2. The molecule has 8 heteroatoms. The molecule has 1 aliphatic rings.